The van der Waals surface area contributed by atoms with E-state index in [-0.39, 0.29) is 0 Å². The minimum atomic E-state index is -1.32. The van der Waals surface area contributed by atoms with Gasteiger partial charge in [-0.05, 0) is 109 Å². The molecule has 0 amide bonds. The molecule has 2 aliphatic rings. The Labute approximate surface area is 504 Å². The number of rotatable bonds is 33. The lowest BCUT2D eigenvalue weighted by Gasteiger charge is -2.26. The molecule has 0 aliphatic carbocycles. The van der Waals surface area contributed by atoms with Crippen molar-refractivity contribution in [2.45, 2.75) is 130 Å². The molecule has 0 saturated heterocycles. The van der Waals surface area contributed by atoms with Gasteiger partial charge in [-0.15, -0.1) is 22.7 Å². The minimum Gasteiger partial charge on any atom is -0.493 e. The molecule has 442 valence electrons. The van der Waals surface area contributed by atoms with E-state index in [2.05, 4.69) is 142 Å². The van der Waals surface area contributed by atoms with Gasteiger partial charge in [0.1, 0.15) is 61.1 Å². The van der Waals surface area contributed by atoms with Crippen molar-refractivity contribution in [3.05, 3.63) is 120 Å². The number of benzene rings is 5. The molecule has 4 heterocycles. The van der Waals surface area contributed by atoms with Crippen molar-refractivity contribution in [1.29, 1.82) is 5.26 Å². The summed E-state index contributed by atoms with van der Waals surface area (Å²) in [5, 5.41) is 19.4. The fourth-order valence-corrected chi connectivity index (χ4v) is 12.8. The number of thiophene rings is 2. The van der Waals surface area contributed by atoms with Gasteiger partial charge in [-0.2, -0.15) is 5.26 Å². The number of nitrogens with zero attached hydrogens (tertiary/aromatic N) is 2. The van der Waals surface area contributed by atoms with Gasteiger partial charge in [-0.25, -0.2) is 4.79 Å². The van der Waals surface area contributed by atoms with Gasteiger partial charge < -0.3 is 47.9 Å². The maximum atomic E-state index is 11.9. The van der Waals surface area contributed by atoms with E-state index in [1.165, 1.54) is 80.1 Å². The van der Waals surface area contributed by atoms with Crippen LogP contribution >= 0.6 is 22.7 Å². The van der Waals surface area contributed by atoms with E-state index in [4.69, 9.17) is 37.9 Å². The standard InChI is InChI=1S/C70H80N2O10S2/c1-5-9-13-17-37-75-56-33-35-58(60(46-56)77-39-19-15-11-7-3)49-21-27-53(28-22-49)72(54-29-23-50(24-30-54)59-36-34-57(76-38-18-14-10-6-2)47-61(59)78-40-20-16-12-8-4)55-31-25-51(26-32-55)67-65-66(82-44-43-81-65)69(84-67)68-64-63(79-41-42-80-64)62(83-68)45-52(48-71)70(73)74/h21-36,45-47H,5-20,37-44H2,1-4H3,(H,73,74). The zero-order chi connectivity index (χ0) is 58.5. The van der Waals surface area contributed by atoms with Crippen LogP contribution < -0.4 is 42.8 Å². The van der Waals surface area contributed by atoms with E-state index in [0.29, 0.717) is 85.6 Å². The summed E-state index contributed by atoms with van der Waals surface area (Å²) in [7, 11) is 0. The number of carboxylic acids is 1. The number of ether oxygens (including phenoxy) is 8. The van der Waals surface area contributed by atoms with E-state index >= 15 is 0 Å². The zero-order valence-electron chi connectivity index (χ0n) is 49.3. The smallest absolute Gasteiger partial charge is 0.346 e. The fraction of sp³-hybridized carbons (Fsp3) is 0.400. The van der Waals surface area contributed by atoms with E-state index in [9.17, 15) is 15.2 Å². The summed E-state index contributed by atoms with van der Waals surface area (Å²) in [5.41, 5.74) is 7.50. The predicted molar refractivity (Wildman–Crippen MR) is 340 cm³/mol. The van der Waals surface area contributed by atoms with Crippen LogP contribution in [0.2, 0.25) is 0 Å². The van der Waals surface area contributed by atoms with Gasteiger partial charge in [0.15, 0.2) is 23.0 Å². The van der Waals surface area contributed by atoms with E-state index < -0.39 is 11.5 Å². The third-order valence-electron chi connectivity index (χ3n) is 14.9. The van der Waals surface area contributed by atoms with Crippen LogP contribution in [0.15, 0.2) is 115 Å². The number of carbonyl (C=O) groups is 1. The highest BCUT2D eigenvalue weighted by Gasteiger charge is 2.33. The van der Waals surface area contributed by atoms with Gasteiger partial charge in [-0.1, -0.05) is 141 Å². The fourth-order valence-electron chi connectivity index (χ4n) is 10.3. The van der Waals surface area contributed by atoms with Crippen LogP contribution in [0.25, 0.3) is 48.5 Å². The highest BCUT2D eigenvalue weighted by Crippen LogP contribution is 2.60. The molecule has 2 aliphatic heterocycles. The first kappa shape index (κ1) is 61.0. The molecule has 0 radical (unpaired) electrons. The SMILES string of the molecule is CCCCCCOc1ccc(-c2ccc(N(c3ccc(-c4ccc(OCCCCCC)cc4OCCCCCC)cc3)c3ccc(-c4sc(-c5sc(C=C(C#N)C(=O)O)c6c5OCCO6)c5c4OCCO5)cc3)cc2)c(OCCCCCC)c1. The van der Waals surface area contributed by atoms with Crippen molar-refractivity contribution in [1.82, 2.24) is 0 Å². The molecule has 7 aromatic rings. The summed E-state index contributed by atoms with van der Waals surface area (Å²) >= 11 is 2.81. The first-order valence-corrected chi connectivity index (χ1v) is 32.1. The maximum Gasteiger partial charge on any atom is 0.346 e. The van der Waals surface area contributed by atoms with Crippen molar-refractivity contribution in [3.8, 4) is 94.5 Å². The first-order valence-electron chi connectivity index (χ1n) is 30.4. The summed E-state index contributed by atoms with van der Waals surface area (Å²) in [6.45, 7) is 12.9. The lowest BCUT2D eigenvalue weighted by Crippen LogP contribution is -2.15. The van der Waals surface area contributed by atoms with Gasteiger partial charge >= 0.3 is 5.97 Å². The van der Waals surface area contributed by atoms with Crippen molar-refractivity contribution < 1.29 is 47.8 Å². The Bertz CT molecular complexity index is 3190. The predicted octanol–water partition coefficient (Wildman–Crippen LogP) is 19.3. The van der Waals surface area contributed by atoms with Crippen LogP contribution in [0.1, 0.15) is 135 Å². The van der Waals surface area contributed by atoms with Crippen molar-refractivity contribution in [3.63, 3.8) is 0 Å². The van der Waals surface area contributed by atoms with Gasteiger partial charge in [0.25, 0.3) is 0 Å². The van der Waals surface area contributed by atoms with Crippen LogP contribution in [-0.2, 0) is 4.79 Å². The summed E-state index contributed by atoms with van der Waals surface area (Å²) in [6, 6.07) is 40.1. The third kappa shape index (κ3) is 15.6. The molecule has 12 nitrogen and oxygen atoms in total. The van der Waals surface area contributed by atoms with Gasteiger partial charge in [-0.3, -0.25) is 0 Å². The summed E-state index contributed by atoms with van der Waals surface area (Å²) in [4.78, 5) is 17.0. The molecule has 0 saturated carbocycles. The monoisotopic (exact) mass is 1170 g/mol. The molecule has 0 fully saturated rings. The topological polar surface area (TPSA) is 138 Å². The quantitative estimate of drug-likeness (QED) is 0.0238. The number of hydrogen-bond donors (Lipinski definition) is 1. The molecule has 0 spiro atoms. The molecule has 0 unspecified atom stereocenters. The average Bonchev–Trinajstić information content (AvgIpc) is 4.29. The number of hydrogen-bond acceptors (Lipinski definition) is 13. The molecule has 0 atom stereocenters. The normalized spacial score (nSPS) is 12.6. The van der Waals surface area contributed by atoms with Crippen LogP contribution in [0.5, 0.6) is 46.0 Å². The highest BCUT2D eigenvalue weighted by molar-refractivity contribution is 7.25. The Kier molecular flexibility index (Phi) is 22.7. The number of fused-ring (bicyclic) bond motifs is 2. The molecule has 1 N–H and O–H groups in total. The highest BCUT2D eigenvalue weighted by atomic mass is 32.1. The molecular formula is C70H80N2O10S2. The van der Waals surface area contributed by atoms with Crippen LogP contribution in [-0.4, -0.2) is 63.9 Å². The maximum absolute atomic E-state index is 11.9. The molecule has 84 heavy (non-hydrogen) atoms. The van der Waals surface area contributed by atoms with Gasteiger partial charge in [0.2, 0.25) is 0 Å². The number of anilines is 3. The Hall–Kier alpha value is -7.60. The average molecular weight is 1170 g/mol. The Morgan fingerprint density at radius 1 is 0.488 bits per heavy atom. The number of carboxylic acid groups (broad SMARTS) is 1. The first-order chi connectivity index (χ1) is 41.3. The number of unbranched alkanes of at least 4 members (excludes halogenated alkanes) is 12. The number of aliphatic carboxylic acids is 1. The Morgan fingerprint density at radius 2 is 0.869 bits per heavy atom. The Morgan fingerprint density at radius 3 is 1.29 bits per heavy atom. The van der Waals surface area contributed by atoms with Crippen molar-refractivity contribution >= 4 is 51.8 Å². The van der Waals surface area contributed by atoms with E-state index in [0.717, 1.165) is 129 Å². The van der Waals surface area contributed by atoms with Gasteiger partial charge in [0.05, 0.1) is 45.9 Å². The van der Waals surface area contributed by atoms with Crippen LogP contribution in [0.4, 0.5) is 17.1 Å². The van der Waals surface area contributed by atoms with Gasteiger partial charge in [0, 0.05) is 40.3 Å². The molecule has 0 bridgehead atoms. The van der Waals surface area contributed by atoms with Crippen LogP contribution in [0.3, 0.4) is 0 Å². The van der Waals surface area contributed by atoms with Crippen molar-refractivity contribution in [2.75, 3.05) is 57.8 Å². The third-order valence-corrected chi connectivity index (χ3v) is 17.3. The molecule has 14 heteroatoms. The number of nitriles is 1. The largest absolute Gasteiger partial charge is 0.493 e. The lowest BCUT2D eigenvalue weighted by molar-refractivity contribution is -0.132. The second-order valence-corrected chi connectivity index (χ2v) is 23.2. The summed E-state index contributed by atoms with van der Waals surface area (Å²) in [5.74, 6) is 4.08. The minimum absolute atomic E-state index is 0.292. The summed E-state index contributed by atoms with van der Waals surface area (Å²) in [6.07, 6.45) is 19.4. The molecule has 2 aromatic heterocycles. The van der Waals surface area contributed by atoms with Crippen LogP contribution in [0, 0.1) is 11.3 Å². The van der Waals surface area contributed by atoms with E-state index in [1.54, 1.807) is 6.07 Å². The molecule has 5 aromatic carbocycles. The van der Waals surface area contributed by atoms with E-state index in [1.807, 2.05) is 0 Å². The Balaban J connectivity index is 1.07. The molecular weight excluding hydrogens is 1090 g/mol. The summed E-state index contributed by atoms with van der Waals surface area (Å²) < 4.78 is 50.6. The molecule has 9 rings (SSSR count). The second-order valence-electron chi connectivity index (χ2n) is 21.2. The second kappa shape index (κ2) is 31.3. The zero-order valence-corrected chi connectivity index (χ0v) is 50.9. The van der Waals surface area contributed by atoms with Crippen molar-refractivity contribution in [2.24, 2.45) is 0 Å². The lowest BCUT2D eigenvalue weighted by atomic mass is 10.0.